The first kappa shape index (κ1) is 25.1. The van der Waals surface area contributed by atoms with E-state index < -0.39 is 14.7 Å². The van der Waals surface area contributed by atoms with Crippen molar-refractivity contribution in [3.63, 3.8) is 0 Å². The summed E-state index contributed by atoms with van der Waals surface area (Å²) >= 11 is 3.47. The van der Waals surface area contributed by atoms with Crippen LogP contribution in [0.25, 0.3) is 0 Å². The summed E-state index contributed by atoms with van der Waals surface area (Å²) in [5.74, 6) is -0.295. The Kier molecular flexibility index (Phi) is 14.2. The zero-order valence-electron chi connectivity index (χ0n) is 17.1. The van der Waals surface area contributed by atoms with Crippen LogP contribution in [0.2, 0.25) is 11.1 Å². The molecule has 0 aliphatic heterocycles. The second kappa shape index (κ2) is 14.2. The topological polar surface area (TPSA) is 44.8 Å². The summed E-state index contributed by atoms with van der Waals surface area (Å²) in [5, 5.41) is 1.10. The summed E-state index contributed by atoms with van der Waals surface area (Å²) in [5.41, 5.74) is 0.562. The number of esters is 1. The van der Waals surface area contributed by atoms with Crippen molar-refractivity contribution in [2.45, 2.75) is 97.3 Å². The van der Waals surface area contributed by atoms with Gasteiger partial charge in [0.2, 0.25) is 0 Å². The van der Waals surface area contributed by atoms with Crippen LogP contribution in [0, 0.1) is 0 Å². The van der Waals surface area contributed by atoms with Gasteiger partial charge < -0.3 is 13.6 Å². The van der Waals surface area contributed by atoms with E-state index in [4.69, 9.17) is 13.6 Å². The molecule has 0 amide bonds. The zero-order valence-corrected chi connectivity index (χ0v) is 19.7. The average molecular weight is 440 g/mol. The van der Waals surface area contributed by atoms with Gasteiger partial charge in [-0.15, -0.1) is 0 Å². The fourth-order valence-corrected chi connectivity index (χ4v) is 7.15. The van der Waals surface area contributed by atoms with Crippen LogP contribution in [0.5, 0.6) is 0 Å². The van der Waals surface area contributed by atoms with Crippen LogP contribution in [-0.4, -0.2) is 39.2 Å². The number of ether oxygens (including phenoxy) is 1. The largest absolute Gasteiger partial charge is 0.464 e. The van der Waals surface area contributed by atoms with Crippen LogP contribution in [0.4, 0.5) is 0 Å². The standard InChI is InChI=1S/C19H39BrO4Si/c1-7-22-19(21)18(6)24-25(16(2)3,17(4)5)23-15-13-11-9-8-10-12-14-20/h16-18H,7-15H2,1-6H3/t18-/m0/s1. The number of carbonyl (C=O) groups excluding carboxylic acids is 1. The van der Waals surface area contributed by atoms with Crippen LogP contribution in [0.15, 0.2) is 0 Å². The molecule has 25 heavy (non-hydrogen) atoms. The molecule has 1 atom stereocenters. The van der Waals surface area contributed by atoms with E-state index in [-0.39, 0.29) is 17.1 Å². The molecule has 0 aliphatic carbocycles. The molecule has 0 aromatic carbocycles. The number of unbranched alkanes of at least 4 members (excludes halogenated alkanes) is 5. The molecular formula is C19H39BrO4Si. The maximum Gasteiger partial charge on any atom is 0.344 e. The van der Waals surface area contributed by atoms with Crippen LogP contribution < -0.4 is 0 Å². The van der Waals surface area contributed by atoms with Gasteiger partial charge in [0.25, 0.3) is 0 Å². The lowest BCUT2D eigenvalue weighted by molar-refractivity contribution is -0.152. The van der Waals surface area contributed by atoms with Crippen molar-refractivity contribution in [3.8, 4) is 0 Å². The van der Waals surface area contributed by atoms with Gasteiger partial charge in [-0.1, -0.05) is 69.3 Å². The van der Waals surface area contributed by atoms with E-state index in [9.17, 15) is 4.79 Å². The maximum absolute atomic E-state index is 12.0. The molecule has 0 saturated heterocycles. The summed E-state index contributed by atoms with van der Waals surface area (Å²) < 4.78 is 17.8. The quantitative estimate of drug-likeness (QED) is 0.137. The van der Waals surface area contributed by atoms with Gasteiger partial charge in [-0.3, -0.25) is 0 Å². The minimum Gasteiger partial charge on any atom is -0.464 e. The molecule has 0 rings (SSSR count). The minimum atomic E-state index is -2.49. The van der Waals surface area contributed by atoms with Crippen molar-refractivity contribution < 1.29 is 18.4 Å². The fraction of sp³-hybridized carbons (Fsp3) is 0.947. The fourth-order valence-electron chi connectivity index (χ4n) is 3.03. The summed E-state index contributed by atoms with van der Waals surface area (Å²) in [6.07, 6.45) is 6.78. The second-order valence-corrected chi connectivity index (χ2v) is 12.3. The Morgan fingerprint density at radius 3 is 1.92 bits per heavy atom. The second-order valence-electron chi connectivity index (χ2n) is 7.20. The molecule has 0 spiro atoms. The number of carbonyl (C=O) groups is 1. The molecule has 0 aromatic rings. The highest BCUT2D eigenvalue weighted by atomic mass is 79.9. The molecule has 0 aliphatic rings. The highest BCUT2D eigenvalue weighted by Gasteiger charge is 2.47. The lowest BCUT2D eigenvalue weighted by Gasteiger charge is -2.39. The molecule has 150 valence electrons. The molecule has 0 radical (unpaired) electrons. The monoisotopic (exact) mass is 438 g/mol. The Labute approximate surface area is 164 Å². The smallest absolute Gasteiger partial charge is 0.344 e. The molecule has 0 aromatic heterocycles. The normalized spacial score (nSPS) is 13.5. The van der Waals surface area contributed by atoms with E-state index >= 15 is 0 Å². The molecule has 4 nitrogen and oxygen atoms in total. The van der Waals surface area contributed by atoms with Gasteiger partial charge in [-0.2, -0.15) is 0 Å². The van der Waals surface area contributed by atoms with Crippen molar-refractivity contribution >= 4 is 30.5 Å². The first-order chi connectivity index (χ1) is 11.8. The van der Waals surface area contributed by atoms with Gasteiger partial charge in [0, 0.05) is 11.9 Å². The Balaban J connectivity index is 4.54. The number of alkyl halides is 1. The lowest BCUT2D eigenvalue weighted by atomic mass is 10.1. The summed E-state index contributed by atoms with van der Waals surface area (Å²) in [6, 6.07) is 0. The van der Waals surface area contributed by atoms with Crippen LogP contribution in [0.3, 0.4) is 0 Å². The Morgan fingerprint density at radius 2 is 1.44 bits per heavy atom. The Hall–Kier alpha value is 0.0869. The lowest BCUT2D eigenvalue weighted by Crippen LogP contribution is -2.51. The average Bonchev–Trinajstić information content (AvgIpc) is 2.55. The molecule has 0 unspecified atom stereocenters. The third-order valence-electron chi connectivity index (χ3n) is 4.44. The first-order valence-corrected chi connectivity index (χ1v) is 12.9. The van der Waals surface area contributed by atoms with Crippen molar-refractivity contribution in [3.05, 3.63) is 0 Å². The van der Waals surface area contributed by atoms with Crippen LogP contribution >= 0.6 is 15.9 Å². The van der Waals surface area contributed by atoms with E-state index in [2.05, 4.69) is 43.6 Å². The number of hydrogen-bond donors (Lipinski definition) is 0. The Bertz CT molecular complexity index is 342. The van der Waals surface area contributed by atoms with E-state index in [1.54, 1.807) is 6.92 Å². The van der Waals surface area contributed by atoms with E-state index in [1.165, 1.54) is 32.1 Å². The number of rotatable bonds is 15. The van der Waals surface area contributed by atoms with Gasteiger partial charge in [-0.05, 0) is 37.8 Å². The third-order valence-corrected chi connectivity index (χ3v) is 9.60. The summed E-state index contributed by atoms with van der Waals surface area (Å²) in [4.78, 5) is 12.0. The van der Waals surface area contributed by atoms with Gasteiger partial charge in [0.05, 0.1) is 6.61 Å². The van der Waals surface area contributed by atoms with Gasteiger partial charge in [-0.25, -0.2) is 4.79 Å². The van der Waals surface area contributed by atoms with E-state index in [0.29, 0.717) is 6.61 Å². The van der Waals surface area contributed by atoms with E-state index in [0.717, 1.165) is 18.4 Å². The van der Waals surface area contributed by atoms with Crippen molar-refractivity contribution in [1.82, 2.24) is 0 Å². The molecule has 6 heteroatoms. The maximum atomic E-state index is 12.0. The molecule has 0 N–H and O–H groups in total. The predicted octanol–water partition coefficient (Wildman–Crippen LogP) is 5.97. The highest BCUT2D eigenvalue weighted by Crippen LogP contribution is 2.36. The Morgan fingerprint density at radius 1 is 0.920 bits per heavy atom. The van der Waals surface area contributed by atoms with Crippen LogP contribution in [0.1, 0.15) is 80.1 Å². The van der Waals surface area contributed by atoms with Crippen molar-refractivity contribution in [1.29, 1.82) is 0 Å². The van der Waals surface area contributed by atoms with E-state index in [1.807, 2.05) is 6.92 Å². The molecule has 0 bridgehead atoms. The van der Waals surface area contributed by atoms with Gasteiger partial charge in [0.1, 0.15) is 6.10 Å². The zero-order chi connectivity index (χ0) is 19.3. The third kappa shape index (κ3) is 9.54. The first-order valence-electron chi connectivity index (χ1n) is 9.86. The van der Waals surface area contributed by atoms with Crippen molar-refractivity contribution in [2.75, 3.05) is 18.5 Å². The van der Waals surface area contributed by atoms with Gasteiger partial charge in [0.15, 0.2) is 0 Å². The molecule has 0 saturated carbocycles. The summed E-state index contributed by atoms with van der Waals surface area (Å²) in [6.45, 7) is 13.3. The highest BCUT2D eigenvalue weighted by molar-refractivity contribution is 9.09. The molecule has 0 heterocycles. The minimum absolute atomic E-state index is 0.281. The predicted molar refractivity (Wildman–Crippen MR) is 111 cm³/mol. The number of hydrogen-bond acceptors (Lipinski definition) is 4. The summed E-state index contributed by atoms with van der Waals surface area (Å²) in [7, 11) is -2.49. The molecule has 0 fully saturated rings. The molecular weight excluding hydrogens is 400 g/mol. The SMILES string of the molecule is CCOC(=O)[C@H](C)O[Si](OCCCCCCCCBr)(C(C)C)C(C)C. The van der Waals surface area contributed by atoms with Crippen LogP contribution in [-0.2, 0) is 18.4 Å². The van der Waals surface area contributed by atoms with Crippen molar-refractivity contribution in [2.24, 2.45) is 0 Å². The van der Waals surface area contributed by atoms with Gasteiger partial charge >= 0.3 is 14.5 Å². The number of halogens is 1.